The van der Waals surface area contributed by atoms with E-state index in [0.717, 1.165) is 55.3 Å². The molecule has 0 atom stereocenters. The topological polar surface area (TPSA) is 56.3 Å². The average molecular weight is 374 g/mol. The number of aromatic nitrogens is 2. The summed E-state index contributed by atoms with van der Waals surface area (Å²) in [4.78, 5) is 13.9. The lowest BCUT2D eigenvalue weighted by Gasteiger charge is -2.21. The molecule has 2 aromatic carbocycles. The second-order valence-corrected chi connectivity index (χ2v) is 7.48. The van der Waals surface area contributed by atoms with Crippen molar-refractivity contribution >= 4 is 33.8 Å². The first-order valence-corrected chi connectivity index (χ1v) is 10.2. The molecule has 2 N–H and O–H groups in total. The molecule has 0 unspecified atom stereocenters. The number of nitrogens with zero attached hydrogens (tertiary/aromatic N) is 4. The van der Waals surface area contributed by atoms with Crippen LogP contribution in [-0.4, -0.2) is 36.3 Å². The second kappa shape index (κ2) is 7.19. The molecule has 2 aliphatic heterocycles. The molecule has 0 amide bonds. The van der Waals surface area contributed by atoms with E-state index >= 15 is 0 Å². The molecule has 0 radical (unpaired) electrons. The van der Waals surface area contributed by atoms with Crippen molar-refractivity contribution in [3.63, 3.8) is 0 Å². The molecule has 3 heterocycles. The third-order valence-corrected chi connectivity index (χ3v) is 5.82. The summed E-state index contributed by atoms with van der Waals surface area (Å²) in [5.74, 6) is 0.890. The largest absolute Gasteiger partial charge is 0.371 e. The van der Waals surface area contributed by atoms with Crippen LogP contribution in [-0.2, 0) is 6.54 Å². The standard InChI is InChI=1S/C22H26N6/c1-2-27-15-26-19-11-17-18(12-21(19)27)24-14-25-22(17)23-13-16-7-3-4-8-20(16)28-9-5-6-10-28/h3-4,7-8,11-12,14,26H,2,5-6,9-10,13,15H2,1H3,(H,23,24,25). The van der Waals surface area contributed by atoms with Gasteiger partial charge in [-0.25, -0.2) is 9.97 Å². The zero-order valence-electron chi connectivity index (χ0n) is 16.3. The van der Waals surface area contributed by atoms with E-state index in [-0.39, 0.29) is 0 Å². The fourth-order valence-corrected chi connectivity index (χ4v) is 4.29. The molecular formula is C22H26N6. The molecule has 1 aromatic heterocycles. The van der Waals surface area contributed by atoms with Crippen molar-refractivity contribution in [2.24, 2.45) is 0 Å². The molecule has 0 bridgehead atoms. The quantitative estimate of drug-likeness (QED) is 0.703. The number of benzene rings is 2. The van der Waals surface area contributed by atoms with Crippen LogP contribution in [0, 0.1) is 0 Å². The van der Waals surface area contributed by atoms with Crippen LogP contribution in [0.5, 0.6) is 0 Å². The molecule has 28 heavy (non-hydrogen) atoms. The molecule has 144 valence electrons. The van der Waals surface area contributed by atoms with Gasteiger partial charge in [0.25, 0.3) is 0 Å². The highest BCUT2D eigenvalue weighted by Gasteiger charge is 2.20. The Morgan fingerprint density at radius 1 is 1.07 bits per heavy atom. The monoisotopic (exact) mass is 374 g/mol. The Morgan fingerprint density at radius 3 is 2.79 bits per heavy atom. The second-order valence-electron chi connectivity index (χ2n) is 7.48. The summed E-state index contributed by atoms with van der Waals surface area (Å²) < 4.78 is 0. The average Bonchev–Trinajstić information content (AvgIpc) is 3.40. The Kier molecular flexibility index (Phi) is 4.39. The van der Waals surface area contributed by atoms with Gasteiger partial charge < -0.3 is 20.4 Å². The zero-order valence-corrected chi connectivity index (χ0v) is 16.3. The molecule has 6 heteroatoms. The Balaban J connectivity index is 1.44. The highest BCUT2D eigenvalue weighted by Crippen LogP contribution is 2.36. The molecule has 2 aliphatic rings. The van der Waals surface area contributed by atoms with Crippen LogP contribution in [0.1, 0.15) is 25.3 Å². The van der Waals surface area contributed by atoms with E-state index in [1.54, 1.807) is 6.33 Å². The smallest absolute Gasteiger partial charge is 0.137 e. The van der Waals surface area contributed by atoms with Gasteiger partial charge in [0.05, 0.1) is 23.6 Å². The Bertz CT molecular complexity index is 995. The number of anilines is 4. The van der Waals surface area contributed by atoms with Gasteiger partial charge in [-0.2, -0.15) is 0 Å². The number of hydrogen-bond donors (Lipinski definition) is 2. The van der Waals surface area contributed by atoms with Crippen molar-refractivity contribution in [2.45, 2.75) is 26.3 Å². The summed E-state index contributed by atoms with van der Waals surface area (Å²) in [7, 11) is 0. The predicted octanol–water partition coefficient (Wildman–Crippen LogP) is 4.05. The van der Waals surface area contributed by atoms with Crippen LogP contribution in [0.25, 0.3) is 10.9 Å². The number of rotatable bonds is 5. The molecule has 1 fully saturated rings. The van der Waals surface area contributed by atoms with Crippen molar-refractivity contribution < 1.29 is 0 Å². The van der Waals surface area contributed by atoms with Crippen molar-refractivity contribution in [3.8, 4) is 0 Å². The van der Waals surface area contributed by atoms with Crippen LogP contribution >= 0.6 is 0 Å². The normalized spacial score (nSPS) is 15.8. The molecule has 1 saturated heterocycles. The first-order valence-electron chi connectivity index (χ1n) is 10.2. The van der Waals surface area contributed by atoms with E-state index in [1.165, 1.54) is 29.8 Å². The Hall–Kier alpha value is -3.02. The van der Waals surface area contributed by atoms with Crippen LogP contribution in [0.3, 0.4) is 0 Å². The molecular weight excluding hydrogens is 348 g/mol. The van der Waals surface area contributed by atoms with Crippen LogP contribution in [0.4, 0.5) is 22.9 Å². The Morgan fingerprint density at radius 2 is 1.93 bits per heavy atom. The maximum Gasteiger partial charge on any atom is 0.137 e. The molecule has 0 aliphatic carbocycles. The minimum absolute atomic E-state index is 0.754. The van der Waals surface area contributed by atoms with E-state index in [0.29, 0.717) is 0 Å². The summed E-state index contributed by atoms with van der Waals surface area (Å²) in [6.45, 7) is 7.06. The number of para-hydroxylation sites is 1. The fraction of sp³-hybridized carbons (Fsp3) is 0.364. The van der Waals surface area contributed by atoms with Gasteiger partial charge in [0, 0.05) is 37.3 Å². The van der Waals surface area contributed by atoms with Crippen molar-refractivity contribution in [2.75, 3.05) is 46.7 Å². The van der Waals surface area contributed by atoms with Gasteiger partial charge in [-0.3, -0.25) is 0 Å². The lowest BCUT2D eigenvalue weighted by Crippen LogP contribution is -2.21. The van der Waals surface area contributed by atoms with Crippen molar-refractivity contribution in [1.82, 2.24) is 9.97 Å². The minimum atomic E-state index is 0.754. The summed E-state index contributed by atoms with van der Waals surface area (Å²) in [6, 6.07) is 13.0. The maximum absolute atomic E-state index is 4.54. The maximum atomic E-state index is 4.54. The minimum Gasteiger partial charge on any atom is -0.371 e. The molecule has 0 saturated carbocycles. The number of fused-ring (bicyclic) bond motifs is 2. The lowest BCUT2D eigenvalue weighted by molar-refractivity contribution is 0.911. The van der Waals surface area contributed by atoms with E-state index < -0.39 is 0 Å². The summed E-state index contributed by atoms with van der Waals surface area (Å²) >= 11 is 0. The van der Waals surface area contributed by atoms with E-state index in [1.807, 2.05) is 0 Å². The molecule has 3 aromatic rings. The zero-order chi connectivity index (χ0) is 18.9. The van der Waals surface area contributed by atoms with Crippen LogP contribution in [0.2, 0.25) is 0 Å². The van der Waals surface area contributed by atoms with Crippen molar-refractivity contribution in [1.29, 1.82) is 0 Å². The molecule has 6 nitrogen and oxygen atoms in total. The van der Waals surface area contributed by atoms with Gasteiger partial charge in [-0.15, -0.1) is 0 Å². The third-order valence-electron chi connectivity index (χ3n) is 5.82. The van der Waals surface area contributed by atoms with Gasteiger partial charge in [0.15, 0.2) is 0 Å². The van der Waals surface area contributed by atoms with E-state index in [9.17, 15) is 0 Å². The first kappa shape index (κ1) is 17.1. The van der Waals surface area contributed by atoms with Crippen LogP contribution < -0.4 is 20.4 Å². The molecule has 5 rings (SSSR count). The lowest BCUT2D eigenvalue weighted by atomic mass is 10.1. The predicted molar refractivity (Wildman–Crippen MR) is 116 cm³/mol. The highest BCUT2D eigenvalue weighted by atomic mass is 15.3. The first-order chi connectivity index (χ1) is 13.8. The number of nitrogens with one attached hydrogen (secondary N) is 2. The van der Waals surface area contributed by atoms with Crippen molar-refractivity contribution in [3.05, 3.63) is 48.3 Å². The summed E-state index contributed by atoms with van der Waals surface area (Å²) in [5, 5.41) is 8.10. The van der Waals surface area contributed by atoms with Gasteiger partial charge in [0.2, 0.25) is 0 Å². The van der Waals surface area contributed by atoms with Gasteiger partial charge in [0.1, 0.15) is 12.1 Å². The van der Waals surface area contributed by atoms with Gasteiger partial charge in [-0.05, 0) is 43.5 Å². The third kappa shape index (κ3) is 2.99. The molecule has 0 spiro atoms. The fourth-order valence-electron chi connectivity index (χ4n) is 4.29. The van der Waals surface area contributed by atoms with E-state index in [4.69, 9.17) is 0 Å². The summed E-state index contributed by atoms with van der Waals surface area (Å²) in [6.07, 6.45) is 4.22. The number of hydrogen-bond acceptors (Lipinski definition) is 6. The Labute approximate surface area is 165 Å². The summed E-state index contributed by atoms with van der Waals surface area (Å²) in [5.41, 5.74) is 6.01. The van der Waals surface area contributed by atoms with Gasteiger partial charge >= 0.3 is 0 Å². The van der Waals surface area contributed by atoms with Crippen LogP contribution in [0.15, 0.2) is 42.7 Å². The highest BCUT2D eigenvalue weighted by molar-refractivity contribution is 5.97. The van der Waals surface area contributed by atoms with E-state index in [2.05, 4.69) is 73.7 Å². The van der Waals surface area contributed by atoms with Gasteiger partial charge in [-0.1, -0.05) is 18.2 Å². The SMILES string of the molecule is CCN1CNc2cc3c(NCc4ccccc4N4CCCC4)ncnc3cc21.